The molecule has 0 atom stereocenters. The van der Waals surface area contributed by atoms with Gasteiger partial charge in [-0.2, -0.15) is 0 Å². The van der Waals surface area contributed by atoms with Gasteiger partial charge in [-0.3, -0.25) is 0 Å². The maximum atomic E-state index is 2.19. The van der Waals surface area contributed by atoms with Crippen LogP contribution in [0.5, 0.6) is 0 Å². The summed E-state index contributed by atoms with van der Waals surface area (Å²) in [5.74, 6) is 0. The van der Waals surface area contributed by atoms with E-state index in [-0.39, 0.29) is 21.7 Å². The molecule has 1 heteroatoms. The van der Waals surface area contributed by atoms with Gasteiger partial charge in [0.15, 0.2) is 0 Å². The Morgan fingerprint density at radius 3 is 1.32 bits per heavy atom. The zero-order valence-corrected chi connectivity index (χ0v) is 12.6. The van der Waals surface area contributed by atoms with Crippen molar-refractivity contribution in [1.82, 2.24) is 0 Å². The van der Waals surface area contributed by atoms with Crippen LogP contribution < -0.4 is 0 Å². The van der Waals surface area contributed by atoms with E-state index in [4.69, 9.17) is 0 Å². The zero-order chi connectivity index (χ0) is 12.5. The van der Waals surface area contributed by atoms with E-state index in [1.165, 1.54) is 11.1 Å². The van der Waals surface area contributed by atoms with Gasteiger partial charge in [-0.1, -0.05) is 85.0 Å². The SMILES string of the molecule is C(C=CCc1ccccc1)=CCc1ccccc1.[Ti]. The van der Waals surface area contributed by atoms with Crippen LogP contribution in [-0.4, -0.2) is 0 Å². The Morgan fingerprint density at radius 1 is 0.579 bits per heavy atom. The van der Waals surface area contributed by atoms with Crippen LogP contribution in [0, 0.1) is 0 Å². The molecule has 2 rings (SSSR count). The third-order valence-electron chi connectivity index (χ3n) is 2.78. The summed E-state index contributed by atoms with van der Waals surface area (Å²) >= 11 is 0. The van der Waals surface area contributed by atoms with Gasteiger partial charge in [-0.25, -0.2) is 0 Å². The average Bonchev–Trinajstić information content (AvgIpc) is 2.45. The van der Waals surface area contributed by atoms with Crippen molar-refractivity contribution >= 4 is 0 Å². The van der Waals surface area contributed by atoms with Crippen molar-refractivity contribution in [3.8, 4) is 0 Å². The second kappa shape index (κ2) is 9.55. The molecule has 0 aromatic heterocycles. The van der Waals surface area contributed by atoms with E-state index < -0.39 is 0 Å². The molecule has 19 heavy (non-hydrogen) atoms. The van der Waals surface area contributed by atoms with Crippen LogP contribution in [0.3, 0.4) is 0 Å². The molecule has 0 nitrogen and oxygen atoms in total. The summed E-state index contributed by atoms with van der Waals surface area (Å²) in [5, 5.41) is 0. The van der Waals surface area contributed by atoms with Gasteiger partial charge in [0.05, 0.1) is 0 Å². The third-order valence-corrected chi connectivity index (χ3v) is 2.78. The van der Waals surface area contributed by atoms with Crippen LogP contribution in [0.25, 0.3) is 0 Å². The molecule has 0 bridgehead atoms. The molecule has 0 fully saturated rings. The van der Waals surface area contributed by atoms with Crippen molar-refractivity contribution in [3.05, 3.63) is 96.1 Å². The van der Waals surface area contributed by atoms with Gasteiger partial charge in [0.1, 0.15) is 0 Å². The Bertz CT molecular complexity index is 448. The molecule has 0 N–H and O–H groups in total. The Morgan fingerprint density at radius 2 is 0.947 bits per heavy atom. The summed E-state index contributed by atoms with van der Waals surface area (Å²) < 4.78 is 0. The first-order valence-electron chi connectivity index (χ1n) is 6.34. The minimum Gasteiger partial charge on any atom is -0.0801 e. The molecule has 0 aliphatic rings. The number of allylic oxidation sites excluding steroid dienone is 4. The molecule has 0 aliphatic carbocycles. The first-order valence-corrected chi connectivity index (χ1v) is 6.34. The molecular weight excluding hydrogens is 264 g/mol. The largest absolute Gasteiger partial charge is 0.0801 e. The van der Waals surface area contributed by atoms with Crippen LogP contribution in [0.4, 0.5) is 0 Å². The number of hydrogen-bond acceptors (Lipinski definition) is 0. The van der Waals surface area contributed by atoms with Crippen LogP contribution >= 0.6 is 0 Å². The second-order valence-corrected chi connectivity index (χ2v) is 4.24. The van der Waals surface area contributed by atoms with Crippen molar-refractivity contribution in [1.29, 1.82) is 0 Å². The molecule has 0 heterocycles. The summed E-state index contributed by atoms with van der Waals surface area (Å²) in [5.41, 5.74) is 2.70. The van der Waals surface area contributed by atoms with Gasteiger partial charge in [-0.05, 0) is 24.0 Å². The first kappa shape index (κ1) is 15.7. The molecule has 2 aromatic carbocycles. The fourth-order valence-corrected chi connectivity index (χ4v) is 1.79. The number of hydrogen-bond donors (Lipinski definition) is 0. The van der Waals surface area contributed by atoms with E-state index >= 15 is 0 Å². The Hall–Kier alpha value is -1.37. The van der Waals surface area contributed by atoms with E-state index in [1.54, 1.807) is 0 Å². The molecular formula is C18H18Ti. The predicted molar refractivity (Wildman–Crippen MR) is 78.6 cm³/mol. The molecule has 0 amide bonds. The van der Waals surface area contributed by atoms with Gasteiger partial charge in [0, 0.05) is 21.7 Å². The van der Waals surface area contributed by atoms with Gasteiger partial charge >= 0.3 is 0 Å². The minimum atomic E-state index is 0. The van der Waals surface area contributed by atoms with E-state index in [9.17, 15) is 0 Å². The maximum absolute atomic E-state index is 2.19. The normalized spacial score (nSPS) is 10.7. The number of benzene rings is 2. The topological polar surface area (TPSA) is 0 Å². The molecule has 0 radical (unpaired) electrons. The monoisotopic (exact) mass is 282 g/mol. The van der Waals surface area contributed by atoms with Crippen molar-refractivity contribution in [2.45, 2.75) is 12.8 Å². The predicted octanol–water partition coefficient (Wildman–Crippen LogP) is 4.58. The number of rotatable bonds is 5. The quantitative estimate of drug-likeness (QED) is 0.556. The maximum Gasteiger partial charge on any atom is 0 e. The van der Waals surface area contributed by atoms with Crippen LogP contribution in [-0.2, 0) is 34.6 Å². The summed E-state index contributed by atoms with van der Waals surface area (Å²) in [4.78, 5) is 0. The van der Waals surface area contributed by atoms with Crippen molar-refractivity contribution in [2.75, 3.05) is 0 Å². The molecule has 2 aromatic rings. The van der Waals surface area contributed by atoms with Gasteiger partial charge < -0.3 is 0 Å². The summed E-state index contributed by atoms with van der Waals surface area (Å²) in [6, 6.07) is 21.0. The summed E-state index contributed by atoms with van der Waals surface area (Å²) in [7, 11) is 0. The first-order chi connectivity index (χ1) is 8.95. The summed E-state index contributed by atoms with van der Waals surface area (Å²) in [6.07, 6.45) is 10.6. The summed E-state index contributed by atoms with van der Waals surface area (Å²) in [6.45, 7) is 0. The van der Waals surface area contributed by atoms with E-state index in [0.717, 1.165) is 12.8 Å². The third kappa shape index (κ3) is 6.38. The molecule has 94 valence electrons. The molecule has 0 unspecified atom stereocenters. The fourth-order valence-electron chi connectivity index (χ4n) is 1.79. The molecule has 0 saturated heterocycles. The van der Waals surface area contributed by atoms with Crippen LogP contribution in [0.15, 0.2) is 85.0 Å². The fraction of sp³-hybridized carbons (Fsp3) is 0.111. The molecule has 0 spiro atoms. The van der Waals surface area contributed by atoms with Gasteiger partial charge in [0.25, 0.3) is 0 Å². The molecule has 0 saturated carbocycles. The van der Waals surface area contributed by atoms with E-state index in [1.807, 2.05) is 12.1 Å². The average molecular weight is 282 g/mol. The van der Waals surface area contributed by atoms with Crippen molar-refractivity contribution in [2.24, 2.45) is 0 Å². The smallest absolute Gasteiger partial charge is 0 e. The van der Waals surface area contributed by atoms with E-state index in [2.05, 4.69) is 72.8 Å². The van der Waals surface area contributed by atoms with Gasteiger partial charge in [0.2, 0.25) is 0 Å². The van der Waals surface area contributed by atoms with Crippen LogP contribution in [0.1, 0.15) is 11.1 Å². The van der Waals surface area contributed by atoms with Crippen LogP contribution in [0.2, 0.25) is 0 Å². The van der Waals surface area contributed by atoms with Crippen molar-refractivity contribution in [3.63, 3.8) is 0 Å². The standard InChI is InChI=1S/C18H18.Ti/c1(5-11-17-13-7-3-8-14-17)2-6-12-18-15-9-4-10-16-18;/h1-10,13-16H,11-12H2;. The van der Waals surface area contributed by atoms with Crippen molar-refractivity contribution < 1.29 is 21.7 Å². The Balaban J connectivity index is 0.00000180. The zero-order valence-electron chi connectivity index (χ0n) is 11.0. The molecule has 0 aliphatic heterocycles. The van der Waals surface area contributed by atoms with Gasteiger partial charge in [-0.15, -0.1) is 0 Å². The Kier molecular flexibility index (Phi) is 7.89. The Labute approximate surface area is 130 Å². The second-order valence-electron chi connectivity index (χ2n) is 4.24. The van der Waals surface area contributed by atoms with E-state index in [0.29, 0.717) is 0 Å². The minimum absolute atomic E-state index is 0.